The fraction of sp³-hybridized carbons (Fsp3) is 0.143. The van der Waals surface area contributed by atoms with Gasteiger partial charge in [0.2, 0.25) is 6.41 Å². The van der Waals surface area contributed by atoms with Crippen molar-refractivity contribution in [2.24, 2.45) is 0 Å². The lowest BCUT2D eigenvalue weighted by Crippen LogP contribution is -2.13. The summed E-state index contributed by atoms with van der Waals surface area (Å²) in [4.78, 5) is 13.8. The highest BCUT2D eigenvalue weighted by Gasteiger charge is 1.91. The molecular formula is C7H9N3O. The zero-order valence-electron chi connectivity index (χ0n) is 6.03. The molecule has 0 atom stereocenters. The van der Waals surface area contributed by atoms with E-state index in [9.17, 15) is 4.79 Å². The number of imidazole rings is 1. The first-order valence-corrected chi connectivity index (χ1v) is 3.16. The van der Waals surface area contributed by atoms with Crippen LogP contribution in [0.15, 0.2) is 31.0 Å². The minimum absolute atomic E-state index is 0.568. The molecule has 0 fully saturated rings. The number of carbonyl (C=O) groups excluding carboxylic acids is 1. The molecule has 0 radical (unpaired) electrons. The van der Waals surface area contributed by atoms with Crippen LogP contribution < -0.4 is 5.32 Å². The van der Waals surface area contributed by atoms with Crippen molar-refractivity contribution in [1.82, 2.24) is 14.9 Å². The number of rotatable bonds is 4. The molecule has 0 aliphatic rings. The monoisotopic (exact) mass is 151 g/mol. The molecule has 0 saturated carbocycles. The van der Waals surface area contributed by atoms with Crippen molar-refractivity contribution in [2.75, 3.05) is 0 Å². The third-order valence-electron chi connectivity index (χ3n) is 1.20. The quantitative estimate of drug-likeness (QED) is 0.622. The van der Waals surface area contributed by atoms with Crippen molar-refractivity contribution in [1.29, 1.82) is 0 Å². The molecule has 1 heterocycles. The minimum Gasteiger partial charge on any atom is -0.332 e. The summed E-state index contributed by atoms with van der Waals surface area (Å²) in [5.41, 5.74) is 0.651. The van der Waals surface area contributed by atoms with Crippen LogP contribution >= 0.6 is 0 Å². The number of nitrogens with zero attached hydrogens (tertiary/aromatic N) is 2. The molecule has 4 heteroatoms. The molecule has 0 unspecified atom stereocenters. The number of hydrogen-bond donors (Lipinski definition) is 1. The van der Waals surface area contributed by atoms with Gasteiger partial charge in [0.1, 0.15) is 0 Å². The van der Waals surface area contributed by atoms with Crippen molar-refractivity contribution in [3.8, 4) is 0 Å². The molecule has 0 aliphatic heterocycles. The summed E-state index contributed by atoms with van der Waals surface area (Å²) in [5.74, 6) is 0. The number of carbonyl (C=O) groups is 1. The summed E-state index contributed by atoms with van der Waals surface area (Å²) in [7, 11) is 0. The van der Waals surface area contributed by atoms with Crippen molar-refractivity contribution in [3.63, 3.8) is 0 Å². The van der Waals surface area contributed by atoms with E-state index in [4.69, 9.17) is 0 Å². The number of hydrogen-bond acceptors (Lipinski definition) is 2. The molecule has 1 N–H and O–H groups in total. The summed E-state index contributed by atoms with van der Waals surface area (Å²) in [6.07, 6.45) is 5.75. The smallest absolute Gasteiger partial charge is 0.211 e. The van der Waals surface area contributed by atoms with Crippen molar-refractivity contribution in [3.05, 3.63) is 31.0 Å². The van der Waals surface area contributed by atoms with E-state index in [2.05, 4.69) is 16.9 Å². The predicted octanol–water partition coefficient (Wildman–Crippen LogP) is 0.143. The lowest BCUT2D eigenvalue weighted by molar-refractivity contribution is -0.109. The second kappa shape index (κ2) is 3.55. The number of amides is 1. The Morgan fingerprint density at radius 1 is 1.82 bits per heavy atom. The Labute approximate surface area is 64.6 Å². The van der Waals surface area contributed by atoms with Crippen LogP contribution in [0.4, 0.5) is 0 Å². The van der Waals surface area contributed by atoms with E-state index in [0.717, 1.165) is 0 Å². The van der Waals surface area contributed by atoms with Gasteiger partial charge in [-0.1, -0.05) is 6.58 Å². The van der Waals surface area contributed by atoms with Crippen LogP contribution in [0.25, 0.3) is 0 Å². The van der Waals surface area contributed by atoms with Gasteiger partial charge in [0.15, 0.2) is 0 Å². The van der Waals surface area contributed by atoms with Crippen LogP contribution in [0.2, 0.25) is 0 Å². The molecule has 1 amide bonds. The SMILES string of the molecule is C=C(Cn1ccnc1)NC=O. The molecule has 0 spiro atoms. The van der Waals surface area contributed by atoms with E-state index in [1.165, 1.54) is 0 Å². The molecule has 58 valence electrons. The molecule has 0 bridgehead atoms. The lowest BCUT2D eigenvalue weighted by Gasteiger charge is -2.02. The van der Waals surface area contributed by atoms with Gasteiger partial charge in [0, 0.05) is 18.1 Å². The fourth-order valence-electron chi connectivity index (χ4n) is 0.730. The van der Waals surface area contributed by atoms with E-state index in [1.54, 1.807) is 18.7 Å². The standard InChI is InChI=1S/C7H9N3O/c1-7(9-6-11)4-10-3-2-8-5-10/h2-3,5-6H,1,4H2,(H,9,11). The van der Waals surface area contributed by atoms with Gasteiger partial charge in [-0.2, -0.15) is 0 Å². The van der Waals surface area contributed by atoms with Crippen LogP contribution in [-0.2, 0) is 11.3 Å². The summed E-state index contributed by atoms with van der Waals surface area (Å²) < 4.78 is 1.82. The van der Waals surface area contributed by atoms with Crippen molar-refractivity contribution in [2.45, 2.75) is 6.54 Å². The Morgan fingerprint density at radius 2 is 2.64 bits per heavy atom. The zero-order chi connectivity index (χ0) is 8.10. The molecule has 1 rings (SSSR count). The highest BCUT2D eigenvalue weighted by molar-refractivity contribution is 5.49. The van der Waals surface area contributed by atoms with Gasteiger partial charge in [0.25, 0.3) is 0 Å². The first-order valence-electron chi connectivity index (χ1n) is 3.16. The third-order valence-corrected chi connectivity index (χ3v) is 1.20. The number of nitrogens with one attached hydrogen (secondary N) is 1. The van der Waals surface area contributed by atoms with E-state index in [1.807, 2.05) is 4.57 Å². The van der Waals surface area contributed by atoms with Gasteiger partial charge in [-0.25, -0.2) is 4.98 Å². The third kappa shape index (κ3) is 2.25. The molecule has 0 aromatic carbocycles. The Morgan fingerprint density at radius 3 is 3.18 bits per heavy atom. The van der Waals surface area contributed by atoms with Gasteiger partial charge in [-0.15, -0.1) is 0 Å². The minimum atomic E-state index is 0.568. The summed E-state index contributed by atoms with van der Waals surface area (Å²) in [6, 6.07) is 0. The maximum absolute atomic E-state index is 9.95. The van der Waals surface area contributed by atoms with Gasteiger partial charge in [-0.3, -0.25) is 4.79 Å². The molecule has 4 nitrogen and oxygen atoms in total. The molecule has 0 saturated heterocycles. The maximum atomic E-state index is 9.95. The highest BCUT2D eigenvalue weighted by atomic mass is 16.1. The summed E-state index contributed by atoms with van der Waals surface area (Å²) in [6.45, 7) is 4.20. The Kier molecular flexibility index (Phi) is 2.43. The van der Waals surface area contributed by atoms with E-state index >= 15 is 0 Å². The fourth-order valence-corrected chi connectivity index (χ4v) is 0.730. The number of allylic oxidation sites excluding steroid dienone is 1. The largest absolute Gasteiger partial charge is 0.332 e. The maximum Gasteiger partial charge on any atom is 0.211 e. The van der Waals surface area contributed by atoms with Crippen LogP contribution in [-0.4, -0.2) is 16.0 Å². The van der Waals surface area contributed by atoms with Crippen LogP contribution in [0.3, 0.4) is 0 Å². The van der Waals surface area contributed by atoms with E-state index in [0.29, 0.717) is 18.7 Å². The van der Waals surface area contributed by atoms with Crippen LogP contribution in [0, 0.1) is 0 Å². The van der Waals surface area contributed by atoms with Gasteiger partial charge >= 0.3 is 0 Å². The normalized spacial score (nSPS) is 9.09. The average molecular weight is 151 g/mol. The van der Waals surface area contributed by atoms with Gasteiger partial charge in [-0.05, 0) is 0 Å². The van der Waals surface area contributed by atoms with Crippen molar-refractivity contribution >= 4 is 6.41 Å². The predicted molar refractivity (Wildman–Crippen MR) is 40.6 cm³/mol. The second-order valence-electron chi connectivity index (χ2n) is 2.10. The van der Waals surface area contributed by atoms with Crippen LogP contribution in [0.5, 0.6) is 0 Å². The van der Waals surface area contributed by atoms with Crippen molar-refractivity contribution < 1.29 is 4.79 Å². The second-order valence-corrected chi connectivity index (χ2v) is 2.10. The van der Waals surface area contributed by atoms with Gasteiger partial charge in [0.05, 0.1) is 12.9 Å². The molecule has 11 heavy (non-hydrogen) atoms. The Balaban J connectivity index is 2.43. The number of aromatic nitrogens is 2. The van der Waals surface area contributed by atoms with Gasteiger partial charge < -0.3 is 9.88 Å². The first-order chi connectivity index (χ1) is 5.33. The molecule has 0 aliphatic carbocycles. The Bertz CT molecular complexity index is 240. The lowest BCUT2D eigenvalue weighted by atomic mass is 10.5. The van der Waals surface area contributed by atoms with Crippen LogP contribution in [0.1, 0.15) is 0 Å². The average Bonchev–Trinajstić information content (AvgIpc) is 2.40. The van der Waals surface area contributed by atoms with E-state index in [-0.39, 0.29) is 0 Å². The topological polar surface area (TPSA) is 46.9 Å². The zero-order valence-corrected chi connectivity index (χ0v) is 6.03. The molecular weight excluding hydrogens is 142 g/mol. The summed E-state index contributed by atoms with van der Waals surface area (Å²) in [5, 5.41) is 2.46. The first kappa shape index (κ1) is 7.53. The van der Waals surface area contributed by atoms with E-state index < -0.39 is 0 Å². The molecule has 1 aromatic heterocycles. The molecule has 1 aromatic rings. The Hall–Kier alpha value is -1.58. The highest BCUT2D eigenvalue weighted by Crippen LogP contribution is 1.91. The summed E-state index contributed by atoms with van der Waals surface area (Å²) >= 11 is 0.